The molecule has 0 aromatic heterocycles. The Bertz CT molecular complexity index is 500. The summed E-state index contributed by atoms with van der Waals surface area (Å²) in [6.45, 7) is 9.36. The molecule has 0 saturated heterocycles. The molecule has 6 heteroatoms. The summed E-state index contributed by atoms with van der Waals surface area (Å²) in [4.78, 5) is 0. The smallest absolute Gasteiger partial charge is 0.189 e. The molecular formula is C15H24N4S2. The van der Waals surface area contributed by atoms with Crippen molar-refractivity contribution in [3.05, 3.63) is 29.3 Å². The molecule has 0 saturated carbocycles. The highest BCUT2D eigenvalue weighted by molar-refractivity contribution is 7.80. The zero-order valence-electron chi connectivity index (χ0n) is 13.0. The number of hydrazine groups is 1. The van der Waals surface area contributed by atoms with Gasteiger partial charge >= 0.3 is 0 Å². The molecule has 1 aromatic rings. The van der Waals surface area contributed by atoms with Crippen LogP contribution >= 0.6 is 24.4 Å². The molecule has 0 radical (unpaired) electrons. The molecule has 4 N–H and O–H groups in total. The third-order valence-electron chi connectivity index (χ3n) is 3.06. The van der Waals surface area contributed by atoms with E-state index in [0.29, 0.717) is 16.1 Å². The highest BCUT2D eigenvalue weighted by Crippen LogP contribution is 2.13. The van der Waals surface area contributed by atoms with Crippen molar-refractivity contribution >= 4 is 40.3 Å². The standard InChI is InChI=1S/C15H24N4S2/c1-10(2)7-8-16-14(20)18-19-15(21)17-13-6-5-11(3)12(4)9-13/h5-6,9-10H,7-8H2,1-4H3,(H2,16,18,20)(H2,17,19,21). The number of hydrogen-bond acceptors (Lipinski definition) is 2. The van der Waals surface area contributed by atoms with E-state index in [9.17, 15) is 0 Å². The van der Waals surface area contributed by atoms with Crippen LogP contribution in [0, 0.1) is 19.8 Å². The predicted octanol–water partition coefficient (Wildman–Crippen LogP) is 3.02. The lowest BCUT2D eigenvalue weighted by atomic mass is 10.1. The first kappa shape index (κ1) is 17.7. The molecule has 21 heavy (non-hydrogen) atoms. The Kier molecular flexibility index (Phi) is 7.39. The Balaban J connectivity index is 2.30. The van der Waals surface area contributed by atoms with Gasteiger partial charge in [-0.3, -0.25) is 10.9 Å². The van der Waals surface area contributed by atoms with Crippen molar-refractivity contribution in [1.29, 1.82) is 0 Å². The van der Waals surface area contributed by atoms with Gasteiger partial charge in [-0.2, -0.15) is 0 Å². The molecule has 0 aliphatic heterocycles. The minimum Gasteiger partial charge on any atom is -0.361 e. The van der Waals surface area contributed by atoms with Crippen molar-refractivity contribution in [3.8, 4) is 0 Å². The van der Waals surface area contributed by atoms with Crippen LogP contribution in [-0.2, 0) is 0 Å². The molecular weight excluding hydrogens is 300 g/mol. The molecule has 0 heterocycles. The average Bonchev–Trinajstić information content (AvgIpc) is 2.40. The van der Waals surface area contributed by atoms with Gasteiger partial charge in [0.25, 0.3) is 0 Å². The van der Waals surface area contributed by atoms with Crippen molar-refractivity contribution in [3.63, 3.8) is 0 Å². The molecule has 0 spiro atoms. The fourth-order valence-electron chi connectivity index (χ4n) is 1.61. The highest BCUT2D eigenvalue weighted by Gasteiger charge is 2.01. The molecule has 0 aliphatic rings. The lowest BCUT2D eigenvalue weighted by Crippen LogP contribution is -2.48. The van der Waals surface area contributed by atoms with Crippen LogP contribution < -0.4 is 21.5 Å². The second kappa shape index (κ2) is 8.79. The van der Waals surface area contributed by atoms with Crippen LogP contribution in [0.3, 0.4) is 0 Å². The fourth-order valence-corrected chi connectivity index (χ4v) is 1.94. The summed E-state index contributed by atoms with van der Waals surface area (Å²) in [5, 5.41) is 7.25. The second-order valence-corrected chi connectivity index (χ2v) is 6.26. The quantitative estimate of drug-likeness (QED) is 0.504. The third-order valence-corrected chi connectivity index (χ3v) is 3.51. The summed E-state index contributed by atoms with van der Waals surface area (Å²) < 4.78 is 0. The lowest BCUT2D eigenvalue weighted by molar-refractivity contribution is 0.575. The fraction of sp³-hybridized carbons (Fsp3) is 0.467. The Labute approximate surface area is 138 Å². The number of thiocarbonyl (C=S) groups is 2. The summed E-state index contributed by atoms with van der Waals surface area (Å²) in [6.07, 6.45) is 1.08. The normalized spacial score (nSPS) is 10.1. The maximum atomic E-state index is 5.21. The minimum absolute atomic E-state index is 0.478. The summed E-state index contributed by atoms with van der Waals surface area (Å²) in [6, 6.07) is 6.11. The Morgan fingerprint density at radius 3 is 2.33 bits per heavy atom. The van der Waals surface area contributed by atoms with Gasteiger partial charge in [0, 0.05) is 12.2 Å². The van der Waals surface area contributed by atoms with Crippen LogP contribution in [0.5, 0.6) is 0 Å². The minimum atomic E-state index is 0.478. The van der Waals surface area contributed by atoms with Crippen LogP contribution in [0.2, 0.25) is 0 Å². The van der Waals surface area contributed by atoms with Crippen molar-refractivity contribution in [2.24, 2.45) is 5.92 Å². The second-order valence-electron chi connectivity index (χ2n) is 5.44. The number of nitrogens with one attached hydrogen (secondary N) is 4. The number of anilines is 1. The number of aryl methyl sites for hydroxylation is 2. The van der Waals surface area contributed by atoms with Gasteiger partial charge in [-0.05, 0) is 73.9 Å². The number of hydrogen-bond donors (Lipinski definition) is 4. The molecule has 0 bridgehead atoms. The molecule has 1 rings (SSSR count). The van der Waals surface area contributed by atoms with Crippen LogP contribution in [0.25, 0.3) is 0 Å². The first-order chi connectivity index (χ1) is 9.88. The van der Waals surface area contributed by atoms with Crippen LogP contribution in [0.4, 0.5) is 5.69 Å². The van der Waals surface area contributed by atoms with E-state index in [4.69, 9.17) is 24.4 Å². The van der Waals surface area contributed by atoms with Crippen molar-refractivity contribution < 1.29 is 0 Å². The zero-order chi connectivity index (χ0) is 15.8. The lowest BCUT2D eigenvalue weighted by Gasteiger charge is -2.15. The molecule has 116 valence electrons. The molecule has 1 aromatic carbocycles. The maximum Gasteiger partial charge on any atom is 0.189 e. The topological polar surface area (TPSA) is 48.1 Å². The van der Waals surface area contributed by atoms with E-state index in [0.717, 1.165) is 18.7 Å². The van der Waals surface area contributed by atoms with Gasteiger partial charge in [0.15, 0.2) is 10.2 Å². The summed E-state index contributed by atoms with van der Waals surface area (Å²) in [7, 11) is 0. The van der Waals surface area contributed by atoms with Crippen LogP contribution in [-0.4, -0.2) is 16.8 Å². The van der Waals surface area contributed by atoms with Crippen LogP contribution in [0.15, 0.2) is 18.2 Å². The van der Waals surface area contributed by atoms with Crippen molar-refractivity contribution in [1.82, 2.24) is 16.2 Å². The van der Waals surface area contributed by atoms with Crippen LogP contribution in [0.1, 0.15) is 31.4 Å². The van der Waals surface area contributed by atoms with E-state index < -0.39 is 0 Å². The molecule has 0 fully saturated rings. The van der Waals surface area contributed by atoms with E-state index in [-0.39, 0.29) is 0 Å². The van der Waals surface area contributed by atoms with Crippen molar-refractivity contribution in [2.45, 2.75) is 34.1 Å². The zero-order valence-corrected chi connectivity index (χ0v) is 14.7. The van der Waals surface area contributed by atoms with E-state index in [1.807, 2.05) is 6.07 Å². The number of rotatable bonds is 4. The van der Waals surface area contributed by atoms with Gasteiger partial charge in [-0.1, -0.05) is 19.9 Å². The molecule has 0 unspecified atom stereocenters. The SMILES string of the molecule is Cc1ccc(NC(=S)NNC(=S)NCCC(C)C)cc1C. The molecule has 0 amide bonds. The first-order valence-electron chi connectivity index (χ1n) is 7.06. The van der Waals surface area contributed by atoms with Gasteiger partial charge in [0.1, 0.15) is 0 Å². The largest absolute Gasteiger partial charge is 0.361 e. The Morgan fingerprint density at radius 1 is 1.05 bits per heavy atom. The Hall–Kier alpha value is -1.40. The summed E-state index contributed by atoms with van der Waals surface area (Å²) in [5.41, 5.74) is 9.17. The van der Waals surface area contributed by atoms with E-state index in [1.165, 1.54) is 11.1 Å². The van der Waals surface area contributed by atoms with Crippen molar-refractivity contribution in [2.75, 3.05) is 11.9 Å². The average molecular weight is 325 g/mol. The van der Waals surface area contributed by atoms with E-state index in [2.05, 4.69) is 61.3 Å². The molecule has 0 atom stereocenters. The molecule has 0 aliphatic carbocycles. The monoisotopic (exact) mass is 324 g/mol. The van der Waals surface area contributed by atoms with E-state index in [1.54, 1.807) is 0 Å². The Morgan fingerprint density at radius 2 is 1.71 bits per heavy atom. The summed E-state index contributed by atoms with van der Waals surface area (Å²) in [5.74, 6) is 0.653. The van der Waals surface area contributed by atoms with E-state index >= 15 is 0 Å². The third kappa shape index (κ3) is 7.24. The molecule has 4 nitrogen and oxygen atoms in total. The highest BCUT2D eigenvalue weighted by atomic mass is 32.1. The van der Waals surface area contributed by atoms with Gasteiger partial charge < -0.3 is 10.6 Å². The first-order valence-corrected chi connectivity index (χ1v) is 7.88. The van der Waals surface area contributed by atoms with Gasteiger partial charge in [-0.25, -0.2) is 0 Å². The maximum absolute atomic E-state index is 5.21. The number of benzene rings is 1. The van der Waals surface area contributed by atoms with Gasteiger partial charge in [0.05, 0.1) is 0 Å². The van der Waals surface area contributed by atoms with Gasteiger partial charge in [0.2, 0.25) is 0 Å². The predicted molar refractivity (Wildman–Crippen MR) is 98.5 cm³/mol. The summed E-state index contributed by atoms with van der Waals surface area (Å²) >= 11 is 10.4. The van der Waals surface area contributed by atoms with Gasteiger partial charge in [-0.15, -0.1) is 0 Å².